The lowest BCUT2D eigenvalue weighted by Crippen LogP contribution is -2.23. The Morgan fingerprint density at radius 3 is 2.57 bits per heavy atom. The number of halogens is 1. The van der Waals surface area contributed by atoms with Crippen LogP contribution in [0.4, 0.5) is 21.6 Å². The summed E-state index contributed by atoms with van der Waals surface area (Å²) in [4.78, 5) is 41.8. The molecule has 152 valence electrons. The average Bonchev–Trinajstić information content (AvgIpc) is 3.60. The molecule has 1 aliphatic carbocycles. The largest absolute Gasteiger partial charge is 0.355 e. The van der Waals surface area contributed by atoms with Gasteiger partial charge in [-0.2, -0.15) is 0 Å². The number of hydrogen-bond donors (Lipinski definition) is 3. The summed E-state index contributed by atoms with van der Waals surface area (Å²) in [5, 5.41) is 8.02. The SMILES string of the molecule is CNC(=O)c1ccc(F)cc1NC(=O)c1nc(C2CC2)cnc1Nc1cncnc1. The molecule has 3 aromatic rings. The molecule has 1 aromatic carbocycles. The molecule has 2 heterocycles. The number of carbonyl (C=O) groups excluding carboxylic acids is 2. The van der Waals surface area contributed by atoms with Gasteiger partial charge < -0.3 is 16.0 Å². The van der Waals surface area contributed by atoms with Crippen LogP contribution >= 0.6 is 0 Å². The van der Waals surface area contributed by atoms with Crippen LogP contribution in [0, 0.1) is 5.82 Å². The van der Waals surface area contributed by atoms with Gasteiger partial charge in [0.15, 0.2) is 11.5 Å². The fourth-order valence-corrected chi connectivity index (χ4v) is 2.86. The molecule has 0 spiro atoms. The predicted molar refractivity (Wildman–Crippen MR) is 107 cm³/mol. The van der Waals surface area contributed by atoms with Crippen LogP contribution in [0.3, 0.4) is 0 Å². The average molecular weight is 407 g/mol. The second-order valence-electron chi connectivity index (χ2n) is 6.74. The van der Waals surface area contributed by atoms with Crippen molar-refractivity contribution in [2.75, 3.05) is 17.7 Å². The molecule has 0 unspecified atom stereocenters. The third-order valence-corrected chi connectivity index (χ3v) is 4.53. The zero-order valence-electron chi connectivity index (χ0n) is 16.0. The molecule has 0 aliphatic heterocycles. The van der Waals surface area contributed by atoms with Gasteiger partial charge in [-0.1, -0.05) is 0 Å². The van der Waals surface area contributed by atoms with Crippen LogP contribution in [0.15, 0.2) is 43.1 Å². The number of benzene rings is 1. The van der Waals surface area contributed by atoms with Crippen molar-refractivity contribution in [2.45, 2.75) is 18.8 Å². The molecule has 3 N–H and O–H groups in total. The summed E-state index contributed by atoms with van der Waals surface area (Å²) < 4.78 is 13.8. The third kappa shape index (κ3) is 4.22. The molecule has 4 rings (SSSR count). The van der Waals surface area contributed by atoms with Gasteiger partial charge in [0.05, 0.1) is 41.2 Å². The zero-order valence-corrected chi connectivity index (χ0v) is 16.0. The first kappa shape index (κ1) is 19.4. The van der Waals surface area contributed by atoms with Gasteiger partial charge in [0.25, 0.3) is 11.8 Å². The summed E-state index contributed by atoms with van der Waals surface area (Å²) in [6.07, 6.45) is 8.03. The van der Waals surface area contributed by atoms with Crippen molar-refractivity contribution in [3.8, 4) is 0 Å². The topological polar surface area (TPSA) is 122 Å². The Bertz CT molecular complexity index is 1100. The van der Waals surface area contributed by atoms with E-state index in [1.54, 1.807) is 6.20 Å². The summed E-state index contributed by atoms with van der Waals surface area (Å²) in [6, 6.07) is 3.53. The smallest absolute Gasteiger partial charge is 0.278 e. The van der Waals surface area contributed by atoms with Gasteiger partial charge in [-0.15, -0.1) is 0 Å². The van der Waals surface area contributed by atoms with Gasteiger partial charge in [0, 0.05) is 13.0 Å². The van der Waals surface area contributed by atoms with Crippen molar-refractivity contribution < 1.29 is 14.0 Å². The fraction of sp³-hybridized carbons (Fsp3) is 0.200. The molecule has 1 saturated carbocycles. The quantitative estimate of drug-likeness (QED) is 0.574. The van der Waals surface area contributed by atoms with Gasteiger partial charge in [0.2, 0.25) is 0 Å². The van der Waals surface area contributed by atoms with Crippen LogP contribution in [0.1, 0.15) is 45.3 Å². The lowest BCUT2D eigenvalue weighted by molar-refractivity contribution is 0.0964. The Kier molecular flexibility index (Phi) is 5.29. The zero-order chi connectivity index (χ0) is 21.1. The van der Waals surface area contributed by atoms with Crippen LogP contribution in [-0.2, 0) is 0 Å². The number of hydrogen-bond acceptors (Lipinski definition) is 7. The molecule has 1 aliphatic rings. The Morgan fingerprint density at radius 2 is 1.87 bits per heavy atom. The summed E-state index contributed by atoms with van der Waals surface area (Å²) in [7, 11) is 1.45. The lowest BCUT2D eigenvalue weighted by atomic mass is 10.1. The molecule has 2 aromatic heterocycles. The van der Waals surface area contributed by atoms with Crippen molar-refractivity contribution in [3.05, 3.63) is 65.9 Å². The minimum Gasteiger partial charge on any atom is -0.355 e. The molecule has 0 saturated heterocycles. The maximum atomic E-state index is 13.8. The standard InChI is InChI=1S/C20H18FN7O2/c1-22-19(29)14-5-4-12(21)6-15(14)28-20(30)17-18(26-13-7-23-10-24-8-13)25-9-16(27-17)11-2-3-11/h4-11H,2-3H2,1H3,(H,22,29)(H,25,26)(H,28,30). The Labute approximate surface area is 171 Å². The molecule has 1 fully saturated rings. The Hall–Kier alpha value is -3.95. The monoisotopic (exact) mass is 407 g/mol. The summed E-state index contributed by atoms with van der Waals surface area (Å²) in [6.45, 7) is 0. The normalized spacial score (nSPS) is 12.9. The van der Waals surface area contributed by atoms with Crippen molar-refractivity contribution in [3.63, 3.8) is 0 Å². The van der Waals surface area contributed by atoms with Crippen LogP contribution in [-0.4, -0.2) is 38.8 Å². The van der Waals surface area contributed by atoms with Gasteiger partial charge in [-0.25, -0.2) is 24.3 Å². The van der Waals surface area contributed by atoms with Crippen molar-refractivity contribution in [2.24, 2.45) is 0 Å². The minimum atomic E-state index is -0.625. The molecule has 0 bridgehead atoms. The summed E-state index contributed by atoms with van der Waals surface area (Å²) >= 11 is 0. The van der Waals surface area contributed by atoms with Crippen LogP contribution in [0.25, 0.3) is 0 Å². The molecule has 0 radical (unpaired) electrons. The molecular formula is C20H18FN7O2. The van der Waals surface area contributed by atoms with E-state index < -0.39 is 17.6 Å². The number of nitrogens with zero attached hydrogens (tertiary/aromatic N) is 4. The lowest BCUT2D eigenvalue weighted by Gasteiger charge is -2.13. The van der Waals surface area contributed by atoms with Crippen molar-refractivity contribution >= 4 is 29.0 Å². The van der Waals surface area contributed by atoms with E-state index in [1.807, 2.05) is 0 Å². The molecule has 10 heteroatoms. The van der Waals surface area contributed by atoms with E-state index in [2.05, 4.69) is 35.9 Å². The first-order valence-corrected chi connectivity index (χ1v) is 9.27. The number of nitrogens with one attached hydrogen (secondary N) is 3. The van der Waals surface area contributed by atoms with E-state index in [0.29, 0.717) is 11.4 Å². The van der Waals surface area contributed by atoms with E-state index in [4.69, 9.17) is 0 Å². The first-order chi connectivity index (χ1) is 14.5. The van der Waals surface area contributed by atoms with E-state index in [0.717, 1.165) is 25.0 Å². The van der Waals surface area contributed by atoms with E-state index in [-0.39, 0.29) is 28.7 Å². The first-order valence-electron chi connectivity index (χ1n) is 9.27. The van der Waals surface area contributed by atoms with Gasteiger partial charge in [0.1, 0.15) is 12.1 Å². The highest BCUT2D eigenvalue weighted by molar-refractivity contribution is 6.10. The van der Waals surface area contributed by atoms with Gasteiger partial charge >= 0.3 is 0 Å². The van der Waals surface area contributed by atoms with Crippen LogP contribution in [0.5, 0.6) is 0 Å². The van der Waals surface area contributed by atoms with E-state index >= 15 is 0 Å². The van der Waals surface area contributed by atoms with Crippen LogP contribution < -0.4 is 16.0 Å². The highest BCUT2D eigenvalue weighted by Gasteiger charge is 2.28. The summed E-state index contributed by atoms with van der Waals surface area (Å²) in [5.41, 5.74) is 1.42. The second-order valence-corrected chi connectivity index (χ2v) is 6.74. The van der Waals surface area contributed by atoms with E-state index in [1.165, 1.54) is 31.8 Å². The number of rotatable bonds is 6. The maximum absolute atomic E-state index is 13.8. The highest BCUT2D eigenvalue weighted by atomic mass is 19.1. The number of amides is 2. The van der Waals surface area contributed by atoms with E-state index in [9.17, 15) is 14.0 Å². The maximum Gasteiger partial charge on any atom is 0.278 e. The number of anilines is 3. The highest BCUT2D eigenvalue weighted by Crippen LogP contribution is 2.39. The van der Waals surface area contributed by atoms with Crippen LogP contribution in [0.2, 0.25) is 0 Å². The van der Waals surface area contributed by atoms with Gasteiger partial charge in [-0.3, -0.25) is 9.59 Å². The van der Waals surface area contributed by atoms with Gasteiger partial charge in [-0.05, 0) is 31.0 Å². The second kappa shape index (κ2) is 8.19. The Balaban J connectivity index is 1.68. The molecule has 2 amide bonds. The molecule has 30 heavy (non-hydrogen) atoms. The Morgan fingerprint density at radius 1 is 1.10 bits per heavy atom. The predicted octanol–water partition coefficient (Wildman–Crippen LogP) is 2.64. The van der Waals surface area contributed by atoms with Crippen molar-refractivity contribution in [1.82, 2.24) is 25.3 Å². The number of aromatic nitrogens is 4. The van der Waals surface area contributed by atoms with Crippen molar-refractivity contribution in [1.29, 1.82) is 0 Å². The molecular weight excluding hydrogens is 389 g/mol. The fourth-order valence-electron chi connectivity index (χ4n) is 2.86. The summed E-state index contributed by atoms with van der Waals surface area (Å²) in [5.74, 6) is -1.20. The number of carbonyl (C=O) groups is 2. The molecule has 0 atom stereocenters. The minimum absolute atomic E-state index is 0.0235. The third-order valence-electron chi connectivity index (χ3n) is 4.53. The molecule has 9 nitrogen and oxygen atoms in total.